The van der Waals surface area contributed by atoms with Crippen LogP contribution in [0.15, 0.2) is 36.6 Å². The molecule has 0 aromatic heterocycles. The fraction of sp³-hybridized carbons (Fsp3) is 0.619. The Morgan fingerprint density at radius 3 is 2.45 bits per heavy atom. The largest absolute Gasteiger partial charge is 0.465 e. The molecule has 1 aromatic rings. The van der Waals surface area contributed by atoms with Gasteiger partial charge in [-0.3, -0.25) is 0 Å². The highest BCUT2D eigenvalue weighted by Crippen LogP contribution is 2.34. The lowest BCUT2D eigenvalue weighted by molar-refractivity contribution is 0.252. The molecular weight excluding hydrogens is 268 g/mol. The second-order valence-electron chi connectivity index (χ2n) is 6.76. The minimum absolute atomic E-state index is 0.942. The van der Waals surface area contributed by atoms with Gasteiger partial charge in [0.1, 0.15) is 5.75 Å². The Bertz CT molecular complexity index is 441. The summed E-state index contributed by atoms with van der Waals surface area (Å²) in [6.45, 7) is 4.43. The van der Waals surface area contributed by atoms with E-state index in [1.54, 1.807) is 6.26 Å². The van der Waals surface area contributed by atoms with Gasteiger partial charge in [0.2, 0.25) is 0 Å². The van der Waals surface area contributed by atoms with Crippen LogP contribution in [0.4, 0.5) is 0 Å². The molecule has 0 unspecified atom stereocenters. The number of rotatable bonds is 8. The van der Waals surface area contributed by atoms with E-state index in [4.69, 9.17) is 4.74 Å². The maximum atomic E-state index is 5.64. The number of ether oxygens (including phenoxy) is 1. The van der Waals surface area contributed by atoms with Crippen molar-refractivity contribution >= 4 is 0 Å². The summed E-state index contributed by atoms with van der Waals surface area (Å²) < 4.78 is 5.64. The van der Waals surface area contributed by atoms with E-state index in [2.05, 4.69) is 32.0 Å². The summed E-state index contributed by atoms with van der Waals surface area (Å²) in [4.78, 5) is 0. The number of hydrogen-bond donors (Lipinski definition) is 0. The molecule has 1 aromatic carbocycles. The molecular formula is C21H32O. The molecule has 0 spiro atoms. The third kappa shape index (κ3) is 5.87. The van der Waals surface area contributed by atoms with Crippen LogP contribution in [0.1, 0.15) is 70.8 Å². The van der Waals surface area contributed by atoms with Gasteiger partial charge in [-0.25, -0.2) is 0 Å². The number of allylic oxidation sites excluding steroid dienone is 1. The maximum absolute atomic E-state index is 5.64. The van der Waals surface area contributed by atoms with Gasteiger partial charge in [-0.05, 0) is 54.9 Å². The predicted octanol–water partition coefficient (Wildman–Crippen LogP) is 6.53. The summed E-state index contributed by atoms with van der Waals surface area (Å²) in [7, 11) is 0. The first kappa shape index (κ1) is 17.1. The van der Waals surface area contributed by atoms with E-state index >= 15 is 0 Å². The van der Waals surface area contributed by atoms with E-state index in [0.717, 1.165) is 24.0 Å². The van der Waals surface area contributed by atoms with Crippen LogP contribution in [0.3, 0.4) is 0 Å². The molecule has 2 rings (SSSR count). The third-order valence-corrected chi connectivity index (χ3v) is 4.94. The van der Waals surface area contributed by atoms with Crippen LogP contribution in [0.25, 0.3) is 0 Å². The van der Waals surface area contributed by atoms with E-state index in [0.29, 0.717) is 0 Å². The zero-order valence-electron chi connectivity index (χ0n) is 14.4. The molecule has 0 atom stereocenters. The first-order valence-electron chi connectivity index (χ1n) is 9.22. The van der Waals surface area contributed by atoms with Crippen LogP contribution >= 0.6 is 0 Å². The van der Waals surface area contributed by atoms with Gasteiger partial charge in [0.25, 0.3) is 0 Å². The van der Waals surface area contributed by atoms with Gasteiger partial charge in [-0.2, -0.15) is 0 Å². The molecule has 0 N–H and O–H groups in total. The highest BCUT2D eigenvalue weighted by atomic mass is 16.5. The number of aryl methyl sites for hydroxylation is 1. The molecule has 122 valence electrons. The second-order valence-corrected chi connectivity index (χ2v) is 6.76. The van der Waals surface area contributed by atoms with Gasteiger partial charge < -0.3 is 4.74 Å². The molecule has 0 saturated heterocycles. The molecule has 0 heterocycles. The van der Waals surface area contributed by atoms with Crippen molar-refractivity contribution in [2.75, 3.05) is 0 Å². The lowest BCUT2D eigenvalue weighted by atomic mass is 9.78. The summed E-state index contributed by atoms with van der Waals surface area (Å²) in [6.07, 6.45) is 16.0. The second kappa shape index (κ2) is 9.71. The average molecular weight is 300 g/mol. The van der Waals surface area contributed by atoms with Crippen molar-refractivity contribution in [2.45, 2.75) is 71.6 Å². The molecule has 0 bridgehead atoms. The molecule has 1 aliphatic carbocycles. The average Bonchev–Trinajstić information content (AvgIpc) is 2.55. The minimum Gasteiger partial charge on any atom is -0.465 e. The van der Waals surface area contributed by atoms with Crippen molar-refractivity contribution in [1.29, 1.82) is 0 Å². The molecule has 1 aliphatic rings. The van der Waals surface area contributed by atoms with E-state index in [1.807, 2.05) is 12.1 Å². The van der Waals surface area contributed by atoms with Gasteiger partial charge in [0, 0.05) is 0 Å². The fourth-order valence-corrected chi connectivity index (χ4v) is 3.59. The van der Waals surface area contributed by atoms with Crippen molar-refractivity contribution in [3.05, 3.63) is 42.2 Å². The Kier molecular flexibility index (Phi) is 7.56. The van der Waals surface area contributed by atoms with Crippen molar-refractivity contribution in [2.24, 2.45) is 11.8 Å². The summed E-state index contributed by atoms with van der Waals surface area (Å²) in [5, 5.41) is 0. The summed E-state index contributed by atoms with van der Waals surface area (Å²) in [6, 6.07) is 8.59. The molecule has 1 nitrogen and oxygen atoms in total. The van der Waals surface area contributed by atoms with Gasteiger partial charge in [0.15, 0.2) is 0 Å². The van der Waals surface area contributed by atoms with Crippen LogP contribution in [-0.2, 0) is 6.42 Å². The zero-order chi connectivity index (χ0) is 15.6. The Hall–Kier alpha value is -1.24. The third-order valence-electron chi connectivity index (χ3n) is 4.94. The predicted molar refractivity (Wildman–Crippen MR) is 95.2 cm³/mol. The Morgan fingerprint density at radius 1 is 1.05 bits per heavy atom. The van der Waals surface area contributed by atoms with Crippen molar-refractivity contribution in [3.8, 4) is 5.75 Å². The summed E-state index contributed by atoms with van der Waals surface area (Å²) >= 11 is 0. The lowest BCUT2D eigenvalue weighted by Gasteiger charge is -2.28. The van der Waals surface area contributed by atoms with Gasteiger partial charge in [-0.15, -0.1) is 0 Å². The quantitative estimate of drug-likeness (QED) is 0.496. The van der Waals surface area contributed by atoms with Gasteiger partial charge in [-0.1, -0.05) is 64.5 Å². The lowest BCUT2D eigenvalue weighted by Crippen LogP contribution is -2.15. The van der Waals surface area contributed by atoms with E-state index < -0.39 is 0 Å². The number of benzene rings is 1. The highest BCUT2D eigenvalue weighted by molar-refractivity contribution is 5.29. The Labute approximate surface area is 136 Å². The molecule has 1 heteroatoms. The van der Waals surface area contributed by atoms with Crippen LogP contribution in [-0.4, -0.2) is 0 Å². The van der Waals surface area contributed by atoms with Crippen LogP contribution < -0.4 is 4.74 Å². The molecule has 22 heavy (non-hydrogen) atoms. The Morgan fingerprint density at radius 2 is 1.77 bits per heavy atom. The SMILES string of the molecule is CCC=COc1cccc(CC[C@H]2CC[C@H](CCC)CC2)c1. The van der Waals surface area contributed by atoms with Crippen LogP contribution in [0, 0.1) is 11.8 Å². The first-order valence-corrected chi connectivity index (χ1v) is 9.22. The summed E-state index contributed by atoms with van der Waals surface area (Å²) in [5.41, 5.74) is 1.41. The van der Waals surface area contributed by atoms with E-state index in [9.17, 15) is 0 Å². The molecule has 0 aliphatic heterocycles. The maximum Gasteiger partial charge on any atom is 0.126 e. The van der Waals surface area contributed by atoms with Crippen molar-refractivity contribution in [3.63, 3.8) is 0 Å². The Balaban J connectivity index is 1.75. The molecule has 1 fully saturated rings. The smallest absolute Gasteiger partial charge is 0.126 e. The normalized spacial score (nSPS) is 22.1. The van der Waals surface area contributed by atoms with Gasteiger partial charge in [0.05, 0.1) is 6.26 Å². The standard InChI is InChI=1S/C21H32O/c1-3-5-16-22-21-9-6-8-20(17-21)15-14-19-12-10-18(7-4-2)11-13-19/h5-6,8-9,16-19H,3-4,7,10-15H2,1-2H3/t18-,19-. The van der Waals surface area contributed by atoms with Crippen molar-refractivity contribution in [1.82, 2.24) is 0 Å². The topological polar surface area (TPSA) is 9.23 Å². The molecule has 0 radical (unpaired) electrons. The zero-order valence-corrected chi connectivity index (χ0v) is 14.4. The molecule has 1 saturated carbocycles. The minimum atomic E-state index is 0.942. The monoisotopic (exact) mass is 300 g/mol. The fourth-order valence-electron chi connectivity index (χ4n) is 3.59. The van der Waals surface area contributed by atoms with Gasteiger partial charge >= 0.3 is 0 Å². The molecule has 0 amide bonds. The van der Waals surface area contributed by atoms with Crippen LogP contribution in [0.2, 0.25) is 0 Å². The van der Waals surface area contributed by atoms with E-state index in [1.165, 1.54) is 56.9 Å². The number of hydrogen-bond acceptors (Lipinski definition) is 1. The highest BCUT2D eigenvalue weighted by Gasteiger charge is 2.20. The summed E-state index contributed by atoms with van der Waals surface area (Å²) in [5.74, 6) is 2.93. The first-order chi connectivity index (χ1) is 10.8. The van der Waals surface area contributed by atoms with E-state index in [-0.39, 0.29) is 0 Å². The van der Waals surface area contributed by atoms with Crippen LogP contribution in [0.5, 0.6) is 5.75 Å². The van der Waals surface area contributed by atoms with Crippen molar-refractivity contribution < 1.29 is 4.74 Å².